The number of rotatable bonds is 3. The minimum Gasteiger partial charge on any atom is -0.341 e. The first-order chi connectivity index (χ1) is 15.0. The second-order valence-corrected chi connectivity index (χ2v) is 11.0. The third-order valence-corrected chi connectivity index (χ3v) is 10.5. The maximum Gasteiger partial charge on any atom is 0.329 e. The molecule has 6 rings (SSSR count). The van der Waals surface area contributed by atoms with Crippen LogP contribution in [0.4, 0.5) is 0 Å². The Kier molecular flexibility index (Phi) is 4.05. The van der Waals surface area contributed by atoms with Gasteiger partial charge in [0.25, 0.3) is 0 Å². The molecular formula is C26H33N3O2. The molecule has 2 N–H and O–H groups in total. The lowest BCUT2D eigenvalue weighted by Gasteiger charge is -2.86. The molecule has 5 heteroatoms. The van der Waals surface area contributed by atoms with E-state index < -0.39 is 11.8 Å². The minimum absolute atomic E-state index is 0.218. The summed E-state index contributed by atoms with van der Waals surface area (Å²) in [5.41, 5.74) is 6.63. The van der Waals surface area contributed by atoms with E-state index in [0.717, 1.165) is 17.7 Å². The van der Waals surface area contributed by atoms with Gasteiger partial charge in [-0.3, -0.25) is 9.59 Å². The first-order valence-electron chi connectivity index (χ1n) is 12.2. The summed E-state index contributed by atoms with van der Waals surface area (Å²) in [4.78, 5) is 24.8. The summed E-state index contributed by atoms with van der Waals surface area (Å²) in [5, 5.41) is 7.33. The van der Waals surface area contributed by atoms with Gasteiger partial charge in [0, 0.05) is 11.1 Å². The molecule has 164 valence electrons. The number of benzene rings is 1. The van der Waals surface area contributed by atoms with Crippen molar-refractivity contribution in [2.45, 2.75) is 83.6 Å². The summed E-state index contributed by atoms with van der Waals surface area (Å²) in [6.07, 6.45) is 14.6. The first-order valence-corrected chi connectivity index (χ1v) is 12.2. The number of nitrogens with zero attached hydrogens (tertiary/aromatic N) is 1. The van der Waals surface area contributed by atoms with Crippen LogP contribution in [0.3, 0.4) is 0 Å². The van der Waals surface area contributed by atoms with E-state index in [4.69, 9.17) is 0 Å². The molecule has 1 aromatic rings. The number of carbonyl (C=O) groups is 2. The number of hydrogen-bond donors (Lipinski definition) is 2. The van der Waals surface area contributed by atoms with Gasteiger partial charge in [-0.15, -0.1) is 0 Å². The Morgan fingerprint density at radius 3 is 2.06 bits per heavy atom. The van der Waals surface area contributed by atoms with Gasteiger partial charge in [0.2, 0.25) is 0 Å². The van der Waals surface area contributed by atoms with Gasteiger partial charge in [-0.25, -0.2) is 5.43 Å². The largest absolute Gasteiger partial charge is 0.341 e. The fourth-order valence-corrected chi connectivity index (χ4v) is 8.43. The summed E-state index contributed by atoms with van der Waals surface area (Å²) in [5.74, 6) is -1.28. The van der Waals surface area contributed by atoms with E-state index in [2.05, 4.69) is 15.8 Å². The summed E-state index contributed by atoms with van der Waals surface area (Å²) < 4.78 is 0. The molecule has 0 aromatic heterocycles. The van der Waals surface area contributed by atoms with Crippen LogP contribution < -0.4 is 10.7 Å². The standard InChI is InChI=1S/C26H33N3O2/c1-18(19-7-3-2-4-8-19)27-21(30)22(31)29-28-20-17-26(24(20)11-6-12-24)16-15-25(26)14-13-23(25)9-5-10-23/h2-4,7-8,18H,5-6,9-17H2,1H3,(H,27,30)(H,29,31)/b28-20-/t18-,25+,26-/m0/s1. The number of hydrogen-bond acceptors (Lipinski definition) is 3. The molecule has 0 aliphatic heterocycles. The van der Waals surface area contributed by atoms with Crippen molar-refractivity contribution in [2.75, 3.05) is 0 Å². The highest BCUT2D eigenvalue weighted by Crippen LogP contribution is 2.89. The molecule has 1 aromatic carbocycles. The highest BCUT2D eigenvalue weighted by molar-refractivity contribution is 6.35. The zero-order valence-electron chi connectivity index (χ0n) is 18.5. The molecule has 0 heterocycles. The average Bonchev–Trinajstić information content (AvgIpc) is 2.63. The molecule has 0 unspecified atom stereocenters. The molecule has 0 radical (unpaired) electrons. The average molecular weight is 420 g/mol. The van der Waals surface area contributed by atoms with Crippen molar-refractivity contribution in [3.8, 4) is 0 Å². The monoisotopic (exact) mass is 419 g/mol. The van der Waals surface area contributed by atoms with Gasteiger partial charge >= 0.3 is 11.8 Å². The molecule has 5 aliphatic carbocycles. The molecule has 4 spiro atoms. The number of carbonyl (C=O) groups excluding carboxylic acids is 2. The van der Waals surface area contributed by atoms with Crippen LogP contribution in [-0.4, -0.2) is 17.5 Å². The minimum atomic E-state index is -0.659. The van der Waals surface area contributed by atoms with Gasteiger partial charge < -0.3 is 5.32 Å². The quantitative estimate of drug-likeness (QED) is 0.553. The van der Waals surface area contributed by atoms with Crippen LogP contribution in [0.25, 0.3) is 0 Å². The van der Waals surface area contributed by atoms with Crippen molar-refractivity contribution < 1.29 is 9.59 Å². The van der Waals surface area contributed by atoms with Crippen molar-refractivity contribution in [1.82, 2.24) is 10.7 Å². The summed E-state index contributed by atoms with van der Waals surface area (Å²) in [6, 6.07) is 9.46. The third kappa shape index (κ3) is 2.25. The van der Waals surface area contributed by atoms with Gasteiger partial charge in [-0.2, -0.15) is 5.10 Å². The van der Waals surface area contributed by atoms with Crippen LogP contribution in [0, 0.1) is 21.7 Å². The fraction of sp³-hybridized carbons (Fsp3) is 0.654. The second-order valence-electron chi connectivity index (χ2n) is 11.0. The van der Waals surface area contributed by atoms with Gasteiger partial charge in [-0.05, 0) is 86.5 Å². The number of nitrogens with one attached hydrogen (secondary N) is 2. The number of amides is 2. The SMILES string of the molecule is C[C@H](NC(=O)C(=O)N/N=C1/C[C@@]2(CC[C@@]23CCC32CCC2)C12CCC2)c1ccccc1. The van der Waals surface area contributed by atoms with Crippen molar-refractivity contribution in [3.05, 3.63) is 35.9 Å². The van der Waals surface area contributed by atoms with Gasteiger partial charge in [0.15, 0.2) is 0 Å². The highest BCUT2D eigenvalue weighted by atomic mass is 16.2. The molecule has 5 nitrogen and oxygen atoms in total. The Balaban J connectivity index is 1.13. The highest BCUT2D eigenvalue weighted by Gasteiger charge is 2.83. The lowest BCUT2D eigenvalue weighted by molar-refractivity contribution is -0.327. The van der Waals surface area contributed by atoms with E-state index in [9.17, 15) is 9.59 Å². The van der Waals surface area contributed by atoms with Gasteiger partial charge in [0.05, 0.1) is 6.04 Å². The Bertz CT molecular complexity index is 953. The lowest BCUT2D eigenvalue weighted by Crippen LogP contribution is -2.80. The van der Waals surface area contributed by atoms with Gasteiger partial charge in [-0.1, -0.05) is 43.2 Å². The fourth-order valence-electron chi connectivity index (χ4n) is 8.43. The molecule has 5 fully saturated rings. The Labute approximate surface area is 184 Å². The maximum absolute atomic E-state index is 12.4. The summed E-state index contributed by atoms with van der Waals surface area (Å²) in [7, 11) is 0. The van der Waals surface area contributed by atoms with E-state index >= 15 is 0 Å². The van der Waals surface area contributed by atoms with Crippen LogP contribution in [0.2, 0.25) is 0 Å². The van der Waals surface area contributed by atoms with E-state index in [1.807, 2.05) is 37.3 Å². The molecule has 2 amide bonds. The Morgan fingerprint density at radius 1 is 0.871 bits per heavy atom. The first kappa shape index (κ1) is 19.5. The van der Waals surface area contributed by atoms with Gasteiger partial charge in [0.1, 0.15) is 0 Å². The Morgan fingerprint density at radius 2 is 1.55 bits per heavy atom. The molecule has 0 bridgehead atoms. The lowest BCUT2D eigenvalue weighted by atomic mass is 9.18. The molecule has 3 atom stereocenters. The third-order valence-electron chi connectivity index (χ3n) is 10.5. The summed E-state index contributed by atoms with van der Waals surface area (Å²) in [6.45, 7) is 1.89. The normalized spacial score (nSPS) is 35.5. The van der Waals surface area contributed by atoms with Crippen LogP contribution in [-0.2, 0) is 9.59 Å². The van der Waals surface area contributed by atoms with Crippen LogP contribution in [0.15, 0.2) is 35.4 Å². The predicted molar refractivity (Wildman–Crippen MR) is 119 cm³/mol. The maximum atomic E-state index is 12.4. The second kappa shape index (κ2) is 6.43. The topological polar surface area (TPSA) is 70.6 Å². The zero-order chi connectivity index (χ0) is 21.3. The number of fused-ring (bicyclic) bond motifs is 3. The van der Waals surface area contributed by atoms with Crippen molar-refractivity contribution in [1.29, 1.82) is 0 Å². The van der Waals surface area contributed by atoms with Crippen LogP contribution in [0.5, 0.6) is 0 Å². The Hall–Kier alpha value is -2.17. The van der Waals surface area contributed by atoms with Crippen LogP contribution in [0.1, 0.15) is 89.2 Å². The molecule has 31 heavy (non-hydrogen) atoms. The smallest absolute Gasteiger partial charge is 0.329 e. The van der Waals surface area contributed by atoms with Crippen LogP contribution >= 0.6 is 0 Å². The van der Waals surface area contributed by atoms with Crippen molar-refractivity contribution in [3.63, 3.8) is 0 Å². The van der Waals surface area contributed by atoms with E-state index in [1.54, 1.807) is 0 Å². The molecule has 5 aliphatic rings. The predicted octanol–water partition coefficient (Wildman–Crippen LogP) is 4.64. The van der Waals surface area contributed by atoms with Crippen molar-refractivity contribution in [2.24, 2.45) is 26.8 Å². The van der Waals surface area contributed by atoms with E-state index in [0.29, 0.717) is 16.2 Å². The zero-order valence-corrected chi connectivity index (χ0v) is 18.5. The van der Waals surface area contributed by atoms with Crippen molar-refractivity contribution >= 4 is 17.5 Å². The summed E-state index contributed by atoms with van der Waals surface area (Å²) >= 11 is 0. The molecule has 0 saturated heterocycles. The molecular weight excluding hydrogens is 386 g/mol. The number of hydrazone groups is 1. The van der Waals surface area contributed by atoms with E-state index in [1.165, 1.54) is 64.2 Å². The van der Waals surface area contributed by atoms with E-state index in [-0.39, 0.29) is 11.5 Å². The molecule has 5 saturated carbocycles.